The summed E-state index contributed by atoms with van der Waals surface area (Å²) in [6.45, 7) is 3.96. The van der Waals surface area contributed by atoms with Crippen LogP contribution < -0.4 is 0 Å². The van der Waals surface area contributed by atoms with Crippen molar-refractivity contribution in [3.05, 3.63) is 57.9 Å². The summed E-state index contributed by atoms with van der Waals surface area (Å²) in [5, 5.41) is 2.64. The van der Waals surface area contributed by atoms with Gasteiger partial charge in [0, 0.05) is 5.92 Å². The van der Waals surface area contributed by atoms with Crippen molar-refractivity contribution in [3.63, 3.8) is 0 Å². The standard InChI is InChI=1S/C15H12F3NOS/c1-8(9-4-6-11(7-5-9)15(16,17)18)12-13(10-2-3-10)20-19-14(12)21/h4-7,10H,1-3H2,(H,19,21). The molecule has 1 N–H and O–H groups in total. The third kappa shape index (κ3) is 2.68. The molecule has 2 nitrogen and oxygen atoms in total. The number of aromatic nitrogens is 1. The van der Waals surface area contributed by atoms with Crippen LogP contribution in [0.3, 0.4) is 0 Å². The fraction of sp³-hybridized carbons (Fsp3) is 0.267. The molecule has 0 aliphatic heterocycles. The molecule has 1 aliphatic rings. The Labute approximate surface area is 124 Å². The Morgan fingerprint density at radius 3 is 2.38 bits per heavy atom. The monoisotopic (exact) mass is 311 g/mol. The summed E-state index contributed by atoms with van der Waals surface area (Å²) in [5.74, 6) is 1.09. The van der Waals surface area contributed by atoms with Crippen LogP contribution in [-0.2, 0) is 6.18 Å². The summed E-state index contributed by atoms with van der Waals surface area (Å²) in [6.07, 6.45) is -2.28. The van der Waals surface area contributed by atoms with Crippen molar-refractivity contribution in [3.8, 4) is 0 Å². The Morgan fingerprint density at radius 1 is 1.24 bits per heavy atom. The molecule has 1 aromatic carbocycles. The van der Waals surface area contributed by atoms with Crippen molar-refractivity contribution >= 4 is 17.8 Å². The average molecular weight is 311 g/mol. The van der Waals surface area contributed by atoms with Crippen LogP contribution in [0.4, 0.5) is 13.2 Å². The first-order valence-electron chi connectivity index (χ1n) is 6.46. The lowest BCUT2D eigenvalue weighted by molar-refractivity contribution is -0.137. The quantitative estimate of drug-likeness (QED) is 0.780. The van der Waals surface area contributed by atoms with E-state index < -0.39 is 11.7 Å². The van der Waals surface area contributed by atoms with Gasteiger partial charge in [0.25, 0.3) is 0 Å². The van der Waals surface area contributed by atoms with Crippen LogP contribution in [-0.4, -0.2) is 5.16 Å². The summed E-state index contributed by atoms with van der Waals surface area (Å²) >= 11 is 5.19. The van der Waals surface area contributed by atoms with E-state index in [1.165, 1.54) is 12.1 Å². The highest BCUT2D eigenvalue weighted by atomic mass is 32.1. The molecule has 1 fully saturated rings. The second kappa shape index (κ2) is 4.87. The summed E-state index contributed by atoms with van der Waals surface area (Å²) in [6, 6.07) is 4.90. The maximum absolute atomic E-state index is 12.6. The number of H-pyrrole nitrogens is 1. The molecule has 0 radical (unpaired) electrons. The van der Waals surface area contributed by atoms with E-state index in [1.54, 1.807) is 0 Å². The van der Waals surface area contributed by atoms with Gasteiger partial charge in [0.05, 0.1) is 11.1 Å². The highest BCUT2D eigenvalue weighted by Crippen LogP contribution is 2.44. The zero-order chi connectivity index (χ0) is 15.2. The molecule has 1 heterocycles. The van der Waals surface area contributed by atoms with Crippen LogP contribution in [0.2, 0.25) is 0 Å². The van der Waals surface area contributed by atoms with Gasteiger partial charge in [0.1, 0.15) is 10.4 Å². The Hall–Kier alpha value is -1.82. The zero-order valence-corrected chi connectivity index (χ0v) is 11.8. The van der Waals surface area contributed by atoms with Gasteiger partial charge in [0.2, 0.25) is 0 Å². The van der Waals surface area contributed by atoms with Crippen LogP contribution in [0.25, 0.3) is 5.57 Å². The lowest BCUT2D eigenvalue weighted by Crippen LogP contribution is -2.04. The predicted molar refractivity (Wildman–Crippen MR) is 75.4 cm³/mol. The lowest BCUT2D eigenvalue weighted by atomic mass is 9.98. The molecule has 3 rings (SSSR count). The average Bonchev–Trinajstić information content (AvgIpc) is 3.20. The maximum atomic E-state index is 12.6. The van der Waals surface area contributed by atoms with E-state index in [9.17, 15) is 13.2 Å². The van der Waals surface area contributed by atoms with Gasteiger partial charge >= 0.3 is 6.18 Å². The van der Waals surface area contributed by atoms with Crippen LogP contribution >= 0.6 is 12.2 Å². The van der Waals surface area contributed by atoms with Crippen molar-refractivity contribution in [2.24, 2.45) is 0 Å². The van der Waals surface area contributed by atoms with Crippen molar-refractivity contribution in [2.75, 3.05) is 0 Å². The molecule has 21 heavy (non-hydrogen) atoms. The van der Waals surface area contributed by atoms with Crippen LogP contribution in [0.1, 0.15) is 41.2 Å². The molecular formula is C15H12F3NOS. The highest BCUT2D eigenvalue weighted by molar-refractivity contribution is 7.71. The van der Waals surface area contributed by atoms with E-state index in [-0.39, 0.29) is 0 Å². The molecule has 2 aromatic rings. The lowest BCUT2D eigenvalue weighted by Gasteiger charge is -2.09. The number of nitrogens with one attached hydrogen (secondary N) is 1. The van der Waals surface area contributed by atoms with Crippen LogP contribution in [0.5, 0.6) is 0 Å². The minimum absolute atomic E-state index is 0.333. The number of hydrogen-bond acceptors (Lipinski definition) is 2. The van der Waals surface area contributed by atoms with Gasteiger partial charge in [-0.15, -0.1) is 0 Å². The minimum atomic E-state index is -4.34. The molecule has 0 saturated heterocycles. The third-order valence-corrected chi connectivity index (χ3v) is 3.83. The first-order chi connectivity index (χ1) is 9.88. The van der Waals surface area contributed by atoms with Crippen molar-refractivity contribution < 1.29 is 17.7 Å². The van der Waals surface area contributed by atoms with Crippen molar-refractivity contribution in [1.82, 2.24) is 5.16 Å². The molecule has 1 aromatic heterocycles. The van der Waals surface area contributed by atoms with E-state index in [0.717, 1.165) is 30.7 Å². The topological polar surface area (TPSA) is 28.9 Å². The zero-order valence-electron chi connectivity index (χ0n) is 11.0. The molecule has 0 bridgehead atoms. The van der Waals surface area contributed by atoms with Crippen LogP contribution in [0, 0.1) is 4.64 Å². The van der Waals surface area contributed by atoms with Gasteiger partial charge in [0.15, 0.2) is 0 Å². The third-order valence-electron chi connectivity index (χ3n) is 3.54. The summed E-state index contributed by atoms with van der Waals surface area (Å²) in [5.41, 5.74) is 1.21. The maximum Gasteiger partial charge on any atom is 0.416 e. The summed E-state index contributed by atoms with van der Waals surface area (Å²) < 4.78 is 43.5. The first kappa shape index (κ1) is 14.1. The molecule has 1 saturated carbocycles. The van der Waals surface area contributed by atoms with E-state index in [2.05, 4.69) is 11.7 Å². The number of rotatable bonds is 3. The molecule has 6 heteroatoms. The summed E-state index contributed by atoms with van der Waals surface area (Å²) in [4.78, 5) is 0. The second-order valence-corrected chi connectivity index (χ2v) is 5.51. The van der Waals surface area contributed by atoms with E-state index in [0.29, 0.717) is 27.3 Å². The number of benzene rings is 1. The van der Waals surface area contributed by atoms with E-state index in [4.69, 9.17) is 16.7 Å². The smallest absolute Gasteiger partial charge is 0.385 e. The predicted octanol–water partition coefficient (Wildman–Crippen LogP) is 5.29. The highest BCUT2D eigenvalue weighted by Gasteiger charge is 2.32. The largest absolute Gasteiger partial charge is 0.416 e. The van der Waals surface area contributed by atoms with E-state index in [1.807, 2.05) is 0 Å². The first-order valence-corrected chi connectivity index (χ1v) is 6.87. The fourth-order valence-corrected chi connectivity index (χ4v) is 2.50. The second-order valence-electron chi connectivity index (χ2n) is 5.10. The van der Waals surface area contributed by atoms with Gasteiger partial charge in [-0.1, -0.05) is 30.9 Å². The SMILES string of the molecule is C=C(c1ccc(C(F)(F)F)cc1)c1c(C2CC2)o[nH]c1=S. The Kier molecular flexibility index (Phi) is 3.28. The number of alkyl halides is 3. The molecular weight excluding hydrogens is 299 g/mol. The normalized spacial score (nSPS) is 15.2. The van der Waals surface area contributed by atoms with E-state index >= 15 is 0 Å². The molecule has 0 atom stereocenters. The Balaban J connectivity index is 1.96. The number of aromatic amines is 1. The fourth-order valence-electron chi connectivity index (χ4n) is 2.24. The number of hydrogen-bond donors (Lipinski definition) is 1. The Bertz CT molecular complexity index is 736. The van der Waals surface area contributed by atoms with Gasteiger partial charge in [-0.3, -0.25) is 0 Å². The summed E-state index contributed by atoms with van der Waals surface area (Å²) in [7, 11) is 0. The van der Waals surface area contributed by atoms with Gasteiger partial charge in [-0.25, -0.2) is 5.16 Å². The van der Waals surface area contributed by atoms with Gasteiger partial charge in [-0.05, 0) is 36.1 Å². The molecule has 0 unspecified atom stereocenters. The number of halogens is 3. The molecule has 110 valence electrons. The molecule has 0 amide bonds. The minimum Gasteiger partial charge on any atom is -0.385 e. The molecule has 1 aliphatic carbocycles. The molecule has 0 spiro atoms. The van der Waals surface area contributed by atoms with Crippen molar-refractivity contribution in [1.29, 1.82) is 0 Å². The van der Waals surface area contributed by atoms with Gasteiger partial charge in [-0.2, -0.15) is 13.2 Å². The van der Waals surface area contributed by atoms with Gasteiger partial charge < -0.3 is 4.52 Å². The Morgan fingerprint density at radius 2 is 1.86 bits per heavy atom. The van der Waals surface area contributed by atoms with Crippen LogP contribution in [0.15, 0.2) is 35.4 Å². The van der Waals surface area contributed by atoms with Crippen molar-refractivity contribution in [2.45, 2.75) is 24.9 Å².